The number of primary amides is 1. The van der Waals surface area contributed by atoms with Gasteiger partial charge in [-0.2, -0.15) is 0 Å². The van der Waals surface area contributed by atoms with E-state index in [-0.39, 0.29) is 24.3 Å². The summed E-state index contributed by atoms with van der Waals surface area (Å²) in [4.78, 5) is 31.4. The molecule has 2 aromatic carbocycles. The number of carbonyl (C=O) groups is 2. The highest BCUT2D eigenvalue weighted by atomic mass is 19.4. The van der Waals surface area contributed by atoms with Gasteiger partial charge in [-0.3, -0.25) is 19.5 Å². The SMILES string of the molecule is NC(=O)C1(c2ccc(OC(F)(F)F)c(NC(=O)CN3CCOCC3)c2)C=CC(c2cccc(F)c2)=NC1. The zero-order valence-corrected chi connectivity index (χ0v) is 19.6. The van der Waals surface area contributed by atoms with Gasteiger partial charge in [0.2, 0.25) is 11.8 Å². The molecule has 0 aliphatic carbocycles. The van der Waals surface area contributed by atoms with Crippen LogP contribution in [-0.2, 0) is 19.7 Å². The average molecular weight is 520 g/mol. The molecular weight excluding hydrogens is 496 g/mol. The van der Waals surface area contributed by atoms with E-state index < -0.39 is 35.2 Å². The summed E-state index contributed by atoms with van der Waals surface area (Å²) in [6.45, 7) is 1.64. The molecule has 0 aromatic heterocycles. The average Bonchev–Trinajstić information content (AvgIpc) is 2.85. The first kappa shape index (κ1) is 26.3. The number of nitrogens with zero attached hydrogens (tertiary/aromatic N) is 2. The Labute approximate surface area is 209 Å². The van der Waals surface area contributed by atoms with Crippen molar-refractivity contribution in [2.24, 2.45) is 10.7 Å². The second-order valence-electron chi connectivity index (χ2n) is 8.58. The van der Waals surface area contributed by atoms with E-state index in [4.69, 9.17) is 10.5 Å². The number of carbonyl (C=O) groups excluding carboxylic acids is 2. The molecule has 1 saturated heterocycles. The molecular formula is C25H24F4N4O4. The molecule has 2 aliphatic heterocycles. The summed E-state index contributed by atoms with van der Waals surface area (Å²) in [6.07, 6.45) is -2.04. The lowest BCUT2D eigenvalue weighted by atomic mass is 9.77. The third kappa shape index (κ3) is 6.33. The molecule has 37 heavy (non-hydrogen) atoms. The lowest BCUT2D eigenvalue weighted by Gasteiger charge is -2.30. The number of hydrogen-bond acceptors (Lipinski definition) is 6. The van der Waals surface area contributed by atoms with Crippen molar-refractivity contribution in [3.8, 4) is 5.75 Å². The molecule has 0 bridgehead atoms. The van der Waals surface area contributed by atoms with Crippen LogP contribution in [0, 0.1) is 5.82 Å². The van der Waals surface area contributed by atoms with Gasteiger partial charge in [-0.1, -0.05) is 24.3 Å². The first-order valence-electron chi connectivity index (χ1n) is 11.4. The van der Waals surface area contributed by atoms with Crippen molar-refractivity contribution in [2.45, 2.75) is 11.8 Å². The number of anilines is 1. The van der Waals surface area contributed by atoms with Gasteiger partial charge in [-0.25, -0.2) is 4.39 Å². The summed E-state index contributed by atoms with van der Waals surface area (Å²) < 4.78 is 62.1. The number of morpholine rings is 1. The minimum atomic E-state index is -5.01. The lowest BCUT2D eigenvalue weighted by Crippen LogP contribution is -2.44. The number of nitrogens with one attached hydrogen (secondary N) is 1. The highest BCUT2D eigenvalue weighted by molar-refractivity contribution is 6.10. The normalized spacial score (nSPS) is 20.3. The van der Waals surface area contributed by atoms with E-state index in [1.165, 1.54) is 42.5 Å². The van der Waals surface area contributed by atoms with Crippen LogP contribution >= 0.6 is 0 Å². The van der Waals surface area contributed by atoms with E-state index in [0.29, 0.717) is 37.6 Å². The number of allylic oxidation sites excluding steroid dienone is 1. The Hall–Kier alpha value is -3.77. The van der Waals surface area contributed by atoms with Crippen molar-refractivity contribution in [3.05, 3.63) is 71.6 Å². The van der Waals surface area contributed by atoms with E-state index >= 15 is 0 Å². The number of nitrogens with two attached hydrogens (primary N) is 1. The topological polar surface area (TPSA) is 106 Å². The van der Waals surface area contributed by atoms with Crippen LogP contribution in [0.4, 0.5) is 23.2 Å². The van der Waals surface area contributed by atoms with E-state index in [0.717, 1.165) is 6.07 Å². The number of amides is 2. The Morgan fingerprint density at radius 3 is 2.54 bits per heavy atom. The van der Waals surface area contributed by atoms with Crippen LogP contribution in [0.5, 0.6) is 5.75 Å². The maximum atomic E-state index is 13.6. The van der Waals surface area contributed by atoms with Crippen LogP contribution in [0.15, 0.2) is 59.6 Å². The fourth-order valence-electron chi connectivity index (χ4n) is 4.13. The van der Waals surface area contributed by atoms with E-state index in [1.54, 1.807) is 11.0 Å². The summed E-state index contributed by atoms with van der Waals surface area (Å²) in [5.74, 6) is -2.47. The molecule has 0 spiro atoms. The second kappa shape index (κ2) is 10.7. The Morgan fingerprint density at radius 1 is 1.16 bits per heavy atom. The molecule has 4 rings (SSSR count). The largest absolute Gasteiger partial charge is 0.573 e. The second-order valence-corrected chi connectivity index (χ2v) is 8.58. The number of aliphatic imine (C=N–C) groups is 1. The van der Waals surface area contributed by atoms with Gasteiger partial charge in [0.25, 0.3) is 0 Å². The van der Waals surface area contributed by atoms with Crippen LogP contribution in [-0.4, -0.2) is 68.2 Å². The number of benzene rings is 2. The Morgan fingerprint density at radius 2 is 1.92 bits per heavy atom. The monoisotopic (exact) mass is 520 g/mol. The third-order valence-corrected chi connectivity index (χ3v) is 6.05. The molecule has 2 aliphatic rings. The van der Waals surface area contributed by atoms with Gasteiger partial charge in [0.05, 0.1) is 37.7 Å². The number of rotatable bonds is 7. The number of alkyl halides is 3. The van der Waals surface area contributed by atoms with Crippen molar-refractivity contribution in [3.63, 3.8) is 0 Å². The first-order chi connectivity index (χ1) is 17.6. The molecule has 1 unspecified atom stereocenters. The van der Waals surface area contributed by atoms with Gasteiger partial charge in [0.1, 0.15) is 11.2 Å². The molecule has 2 heterocycles. The number of hydrogen-bond donors (Lipinski definition) is 2. The molecule has 196 valence electrons. The van der Waals surface area contributed by atoms with Gasteiger partial charge in [-0.05, 0) is 35.9 Å². The summed E-state index contributed by atoms with van der Waals surface area (Å²) in [6, 6.07) is 9.22. The zero-order chi connectivity index (χ0) is 26.6. The highest BCUT2D eigenvalue weighted by Gasteiger charge is 2.39. The molecule has 3 N–H and O–H groups in total. The van der Waals surface area contributed by atoms with Gasteiger partial charge >= 0.3 is 6.36 Å². The molecule has 0 saturated carbocycles. The standard InChI is InChI=1S/C25H24F4N4O4/c26-18-3-1-2-16(12-18)19-6-7-24(15-31-19,23(30)35)17-4-5-21(37-25(27,28)29)20(13-17)32-22(34)14-33-8-10-36-11-9-33/h1-7,12-13H,8-11,14-15H2,(H2,30,35)(H,32,34). The number of ether oxygens (including phenoxy) is 2. The van der Waals surface area contributed by atoms with Crippen LogP contribution in [0.2, 0.25) is 0 Å². The van der Waals surface area contributed by atoms with Crippen LogP contribution in [0.1, 0.15) is 11.1 Å². The highest BCUT2D eigenvalue weighted by Crippen LogP contribution is 2.37. The van der Waals surface area contributed by atoms with Crippen molar-refractivity contribution in [2.75, 3.05) is 44.7 Å². The fraction of sp³-hybridized carbons (Fsp3) is 0.320. The first-order valence-corrected chi connectivity index (χ1v) is 11.4. The summed E-state index contributed by atoms with van der Waals surface area (Å²) in [5.41, 5.74) is 5.03. The molecule has 0 radical (unpaired) electrons. The van der Waals surface area contributed by atoms with E-state index in [1.807, 2.05) is 0 Å². The van der Waals surface area contributed by atoms with E-state index in [2.05, 4.69) is 15.0 Å². The van der Waals surface area contributed by atoms with Crippen molar-refractivity contribution in [1.82, 2.24) is 4.90 Å². The molecule has 2 aromatic rings. The summed E-state index contributed by atoms with van der Waals surface area (Å²) in [5, 5.41) is 2.46. The number of halogens is 4. The smallest absolute Gasteiger partial charge is 0.404 e. The lowest BCUT2D eigenvalue weighted by molar-refractivity contribution is -0.274. The van der Waals surface area contributed by atoms with Crippen LogP contribution in [0.25, 0.3) is 0 Å². The quantitative estimate of drug-likeness (QED) is 0.547. The Bertz CT molecular complexity index is 1240. The summed E-state index contributed by atoms with van der Waals surface area (Å²) in [7, 11) is 0. The fourth-order valence-corrected chi connectivity index (χ4v) is 4.13. The van der Waals surface area contributed by atoms with Gasteiger partial charge in [0, 0.05) is 18.7 Å². The molecule has 1 atom stereocenters. The Kier molecular flexibility index (Phi) is 7.60. The maximum absolute atomic E-state index is 13.6. The third-order valence-electron chi connectivity index (χ3n) is 6.05. The van der Waals surface area contributed by atoms with Crippen molar-refractivity contribution in [1.29, 1.82) is 0 Å². The predicted octanol–water partition coefficient (Wildman–Crippen LogP) is 2.78. The minimum absolute atomic E-state index is 0.0683. The molecule has 12 heteroatoms. The van der Waals surface area contributed by atoms with Crippen molar-refractivity contribution >= 4 is 23.2 Å². The molecule has 2 amide bonds. The van der Waals surface area contributed by atoms with Crippen LogP contribution < -0.4 is 15.8 Å². The molecule has 1 fully saturated rings. The predicted molar refractivity (Wildman–Crippen MR) is 127 cm³/mol. The van der Waals surface area contributed by atoms with Gasteiger partial charge in [-0.15, -0.1) is 13.2 Å². The van der Waals surface area contributed by atoms with Gasteiger partial charge < -0.3 is 20.5 Å². The molecule has 8 nitrogen and oxygen atoms in total. The summed E-state index contributed by atoms with van der Waals surface area (Å²) >= 11 is 0. The minimum Gasteiger partial charge on any atom is -0.404 e. The van der Waals surface area contributed by atoms with Gasteiger partial charge in [0.15, 0.2) is 5.75 Å². The van der Waals surface area contributed by atoms with Crippen molar-refractivity contribution < 1.29 is 36.6 Å². The maximum Gasteiger partial charge on any atom is 0.573 e. The van der Waals surface area contributed by atoms with E-state index in [9.17, 15) is 27.2 Å². The number of dihydropyridines is 1. The zero-order valence-electron chi connectivity index (χ0n) is 19.6. The van der Waals surface area contributed by atoms with Crippen LogP contribution in [0.3, 0.4) is 0 Å². The Balaban J connectivity index is 1.64.